The monoisotopic (exact) mass is 245 g/mol. The molecule has 0 heterocycles. The molecule has 2 unspecified atom stereocenters. The molecule has 0 fully saturated rings. The fraction of sp³-hybridized carbons (Fsp3) is 1.00. The second-order valence-electron chi connectivity index (χ2n) is 5.33. The third-order valence-electron chi connectivity index (χ3n) is 2.84. The zero-order valence-electron chi connectivity index (χ0n) is 11.9. The maximum Gasteiger partial charge on any atom is 0.0160 e. The lowest BCUT2D eigenvalue weighted by Gasteiger charge is -2.21. The van der Waals surface area contributed by atoms with Crippen molar-refractivity contribution in [1.82, 2.24) is 5.32 Å². The minimum atomic E-state index is 0.721. The first kappa shape index (κ1) is 16.3. The van der Waals surface area contributed by atoms with Crippen LogP contribution >= 0.6 is 11.8 Å². The van der Waals surface area contributed by atoms with Gasteiger partial charge in [0, 0.05) is 11.8 Å². The van der Waals surface area contributed by atoms with Gasteiger partial charge in [0.15, 0.2) is 0 Å². The van der Waals surface area contributed by atoms with Crippen LogP contribution < -0.4 is 5.32 Å². The molecule has 0 rings (SSSR count). The second kappa shape index (κ2) is 10.5. The average Bonchev–Trinajstić information content (AvgIpc) is 2.24. The van der Waals surface area contributed by atoms with E-state index >= 15 is 0 Å². The fourth-order valence-corrected chi connectivity index (χ4v) is 2.80. The highest BCUT2D eigenvalue weighted by Crippen LogP contribution is 2.15. The molecule has 98 valence electrons. The van der Waals surface area contributed by atoms with Crippen LogP contribution in [0.15, 0.2) is 0 Å². The van der Waals surface area contributed by atoms with Gasteiger partial charge in [0.25, 0.3) is 0 Å². The van der Waals surface area contributed by atoms with E-state index in [-0.39, 0.29) is 0 Å². The first-order valence-corrected chi connectivity index (χ1v) is 8.06. The molecule has 0 aliphatic rings. The van der Waals surface area contributed by atoms with Crippen LogP contribution in [0.1, 0.15) is 53.9 Å². The smallest absolute Gasteiger partial charge is 0.0160 e. The Balaban J connectivity index is 3.80. The van der Waals surface area contributed by atoms with Gasteiger partial charge >= 0.3 is 0 Å². The summed E-state index contributed by atoms with van der Waals surface area (Å²) in [6, 6.07) is 0.721. The quantitative estimate of drug-likeness (QED) is 0.619. The summed E-state index contributed by atoms with van der Waals surface area (Å²) in [4.78, 5) is 0. The van der Waals surface area contributed by atoms with Crippen LogP contribution in [0.4, 0.5) is 0 Å². The predicted molar refractivity (Wildman–Crippen MR) is 78.3 cm³/mol. The van der Waals surface area contributed by atoms with Crippen molar-refractivity contribution in [2.75, 3.05) is 18.1 Å². The van der Waals surface area contributed by atoms with E-state index in [0.717, 1.165) is 17.9 Å². The summed E-state index contributed by atoms with van der Waals surface area (Å²) in [5.41, 5.74) is 0. The van der Waals surface area contributed by atoms with E-state index in [9.17, 15) is 0 Å². The van der Waals surface area contributed by atoms with Crippen molar-refractivity contribution in [2.24, 2.45) is 11.8 Å². The predicted octanol–water partition coefficient (Wildman–Crippen LogP) is 4.18. The molecule has 0 spiro atoms. The molecule has 0 aliphatic heterocycles. The number of rotatable bonds is 10. The van der Waals surface area contributed by atoms with Gasteiger partial charge in [0.2, 0.25) is 0 Å². The number of hydrogen-bond acceptors (Lipinski definition) is 2. The molecule has 0 aromatic rings. The van der Waals surface area contributed by atoms with Crippen molar-refractivity contribution in [1.29, 1.82) is 0 Å². The molecule has 0 aliphatic carbocycles. The third kappa shape index (κ3) is 9.53. The van der Waals surface area contributed by atoms with E-state index in [2.05, 4.69) is 51.7 Å². The molecule has 0 amide bonds. The van der Waals surface area contributed by atoms with E-state index in [4.69, 9.17) is 0 Å². The van der Waals surface area contributed by atoms with Crippen molar-refractivity contribution in [3.8, 4) is 0 Å². The lowest BCUT2D eigenvalue weighted by Crippen LogP contribution is -2.33. The molecule has 0 saturated carbocycles. The van der Waals surface area contributed by atoms with Gasteiger partial charge in [0.1, 0.15) is 0 Å². The molecule has 2 heteroatoms. The molecule has 16 heavy (non-hydrogen) atoms. The Hall–Kier alpha value is 0.310. The highest BCUT2D eigenvalue weighted by Gasteiger charge is 2.11. The highest BCUT2D eigenvalue weighted by atomic mass is 32.2. The molecule has 2 atom stereocenters. The minimum Gasteiger partial charge on any atom is -0.313 e. The number of thioether (sulfide) groups is 1. The standard InChI is InChI=1S/C14H31NS/c1-6-8-15-14(9-13(5)7-2)11-16-10-12(3)4/h12-15H,6-11H2,1-5H3. The Morgan fingerprint density at radius 3 is 2.25 bits per heavy atom. The topological polar surface area (TPSA) is 12.0 Å². The summed E-state index contributed by atoms with van der Waals surface area (Å²) in [7, 11) is 0. The Morgan fingerprint density at radius 1 is 1.06 bits per heavy atom. The van der Waals surface area contributed by atoms with Crippen molar-refractivity contribution < 1.29 is 0 Å². The third-order valence-corrected chi connectivity index (χ3v) is 4.38. The molecule has 1 nitrogen and oxygen atoms in total. The van der Waals surface area contributed by atoms with Gasteiger partial charge in [0.05, 0.1) is 0 Å². The molecule has 0 aromatic heterocycles. The molecule has 0 saturated heterocycles. The van der Waals surface area contributed by atoms with Crippen LogP contribution in [-0.4, -0.2) is 24.1 Å². The lowest BCUT2D eigenvalue weighted by atomic mass is 10.0. The van der Waals surface area contributed by atoms with Crippen molar-refractivity contribution in [2.45, 2.75) is 59.9 Å². The largest absolute Gasteiger partial charge is 0.313 e. The summed E-state index contributed by atoms with van der Waals surface area (Å²) < 4.78 is 0. The SMILES string of the molecule is CCCNC(CSCC(C)C)CC(C)CC. The maximum atomic E-state index is 3.69. The Morgan fingerprint density at radius 2 is 1.75 bits per heavy atom. The van der Waals surface area contributed by atoms with Gasteiger partial charge in [-0.1, -0.05) is 41.0 Å². The van der Waals surface area contributed by atoms with E-state index in [1.165, 1.54) is 37.3 Å². The average molecular weight is 245 g/mol. The van der Waals surface area contributed by atoms with Gasteiger partial charge < -0.3 is 5.32 Å². The second-order valence-corrected chi connectivity index (χ2v) is 6.41. The molecule has 0 radical (unpaired) electrons. The zero-order valence-corrected chi connectivity index (χ0v) is 12.7. The van der Waals surface area contributed by atoms with Gasteiger partial charge in [-0.05, 0) is 37.0 Å². The minimum absolute atomic E-state index is 0.721. The summed E-state index contributed by atoms with van der Waals surface area (Å²) >= 11 is 2.11. The molecule has 1 N–H and O–H groups in total. The summed E-state index contributed by atoms with van der Waals surface area (Å²) in [5, 5.41) is 3.69. The highest BCUT2D eigenvalue weighted by molar-refractivity contribution is 7.99. The van der Waals surface area contributed by atoms with Crippen LogP contribution in [0.25, 0.3) is 0 Å². The maximum absolute atomic E-state index is 3.69. The first-order valence-electron chi connectivity index (χ1n) is 6.91. The first-order chi connectivity index (χ1) is 7.60. The van der Waals surface area contributed by atoms with Gasteiger partial charge in [-0.2, -0.15) is 11.8 Å². The van der Waals surface area contributed by atoms with Crippen molar-refractivity contribution >= 4 is 11.8 Å². The van der Waals surface area contributed by atoms with Crippen LogP contribution in [0, 0.1) is 11.8 Å². The molecular weight excluding hydrogens is 214 g/mol. The normalized spacial score (nSPS) is 15.4. The van der Waals surface area contributed by atoms with Crippen LogP contribution in [-0.2, 0) is 0 Å². The number of nitrogens with one attached hydrogen (secondary N) is 1. The summed E-state index contributed by atoms with van der Waals surface area (Å²) in [6.07, 6.45) is 3.88. The molecule has 0 bridgehead atoms. The van der Waals surface area contributed by atoms with Gasteiger partial charge in [-0.3, -0.25) is 0 Å². The molecule has 0 aromatic carbocycles. The van der Waals surface area contributed by atoms with Crippen LogP contribution in [0.2, 0.25) is 0 Å². The Labute approximate surface area is 107 Å². The molecular formula is C14H31NS. The van der Waals surface area contributed by atoms with E-state index in [1.54, 1.807) is 0 Å². The van der Waals surface area contributed by atoms with Crippen molar-refractivity contribution in [3.05, 3.63) is 0 Å². The van der Waals surface area contributed by atoms with Gasteiger partial charge in [-0.15, -0.1) is 0 Å². The number of hydrogen-bond donors (Lipinski definition) is 1. The lowest BCUT2D eigenvalue weighted by molar-refractivity contribution is 0.417. The van der Waals surface area contributed by atoms with Crippen molar-refractivity contribution in [3.63, 3.8) is 0 Å². The summed E-state index contributed by atoms with van der Waals surface area (Å²) in [5.74, 6) is 4.25. The Kier molecular flexibility index (Phi) is 10.7. The van der Waals surface area contributed by atoms with E-state index in [0.29, 0.717) is 0 Å². The van der Waals surface area contributed by atoms with E-state index in [1.807, 2.05) is 0 Å². The van der Waals surface area contributed by atoms with Crippen LogP contribution in [0.3, 0.4) is 0 Å². The van der Waals surface area contributed by atoms with Gasteiger partial charge in [-0.25, -0.2) is 0 Å². The van der Waals surface area contributed by atoms with E-state index < -0.39 is 0 Å². The fourth-order valence-electron chi connectivity index (χ4n) is 1.66. The zero-order chi connectivity index (χ0) is 12.4. The summed E-state index contributed by atoms with van der Waals surface area (Å²) in [6.45, 7) is 12.7. The Bertz CT molecular complexity index is 148. The van der Waals surface area contributed by atoms with Crippen LogP contribution in [0.5, 0.6) is 0 Å².